The first-order valence-electron chi connectivity index (χ1n) is 8.40. The third-order valence-electron chi connectivity index (χ3n) is 4.19. The molecule has 0 atom stereocenters. The van der Waals surface area contributed by atoms with Crippen LogP contribution in [0.15, 0.2) is 67.5 Å². The van der Waals surface area contributed by atoms with Crippen molar-refractivity contribution < 1.29 is 4.79 Å². The first kappa shape index (κ1) is 16.6. The van der Waals surface area contributed by atoms with Crippen LogP contribution in [0.25, 0.3) is 5.82 Å². The number of nitrogens with one attached hydrogen (secondary N) is 1. The molecule has 0 fully saturated rings. The largest absolute Gasteiger partial charge is 0.322 e. The molecule has 8 nitrogen and oxygen atoms in total. The lowest BCUT2D eigenvalue weighted by molar-refractivity contribution is 0.102. The predicted molar refractivity (Wildman–Crippen MR) is 99.6 cm³/mol. The van der Waals surface area contributed by atoms with E-state index < -0.39 is 0 Å². The smallest absolute Gasteiger partial charge is 0.259 e. The van der Waals surface area contributed by atoms with Gasteiger partial charge in [-0.1, -0.05) is 24.3 Å². The summed E-state index contributed by atoms with van der Waals surface area (Å²) < 4.78 is 3.35. The highest BCUT2D eigenvalue weighted by atomic mass is 16.1. The molecule has 0 unspecified atom stereocenters. The summed E-state index contributed by atoms with van der Waals surface area (Å²) in [7, 11) is 0. The third kappa shape index (κ3) is 3.45. The molecule has 3 aromatic heterocycles. The second-order valence-corrected chi connectivity index (χ2v) is 5.95. The van der Waals surface area contributed by atoms with E-state index in [4.69, 9.17) is 0 Å². The summed E-state index contributed by atoms with van der Waals surface area (Å²) in [5.41, 5.74) is 2.88. The van der Waals surface area contributed by atoms with Gasteiger partial charge in [-0.25, -0.2) is 19.3 Å². The van der Waals surface area contributed by atoms with Crippen molar-refractivity contribution in [3.8, 4) is 5.82 Å². The van der Waals surface area contributed by atoms with E-state index in [2.05, 4.69) is 25.5 Å². The first-order chi connectivity index (χ1) is 13.2. The highest BCUT2D eigenvalue weighted by Crippen LogP contribution is 2.19. The maximum Gasteiger partial charge on any atom is 0.259 e. The predicted octanol–water partition coefficient (Wildman–Crippen LogP) is 2.47. The minimum Gasteiger partial charge on any atom is -0.322 e. The van der Waals surface area contributed by atoms with E-state index in [0.717, 1.165) is 16.9 Å². The number of rotatable bonds is 5. The standard InChI is InChI=1S/C19H17N7O/c1-14-16(10-22-26(14)18-8-4-5-9-21-18)19(27)24-17-7-3-2-6-15(17)11-25-13-20-12-23-25/h2-10,12-13H,11H2,1H3,(H,24,27). The zero-order valence-electron chi connectivity index (χ0n) is 14.6. The Morgan fingerprint density at radius 3 is 2.74 bits per heavy atom. The minimum atomic E-state index is -0.222. The van der Waals surface area contributed by atoms with Gasteiger partial charge in [-0.3, -0.25) is 4.79 Å². The van der Waals surface area contributed by atoms with E-state index >= 15 is 0 Å². The molecule has 1 aromatic carbocycles. The van der Waals surface area contributed by atoms with Crippen LogP contribution in [0.3, 0.4) is 0 Å². The second kappa shape index (κ2) is 7.20. The number of anilines is 1. The van der Waals surface area contributed by atoms with Crippen LogP contribution in [0.2, 0.25) is 0 Å². The number of amides is 1. The minimum absolute atomic E-state index is 0.222. The summed E-state index contributed by atoms with van der Waals surface area (Å²) >= 11 is 0. The maximum atomic E-state index is 12.8. The molecule has 0 aliphatic carbocycles. The normalized spacial score (nSPS) is 10.7. The summed E-state index contributed by atoms with van der Waals surface area (Å²) in [6.07, 6.45) is 6.37. The molecular formula is C19H17N7O. The molecule has 0 bridgehead atoms. The topological polar surface area (TPSA) is 90.5 Å². The summed E-state index contributed by atoms with van der Waals surface area (Å²) in [5.74, 6) is 0.446. The lowest BCUT2D eigenvalue weighted by Gasteiger charge is -2.11. The lowest BCUT2D eigenvalue weighted by Crippen LogP contribution is -2.15. The van der Waals surface area contributed by atoms with Crippen LogP contribution in [0.4, 0.5) is 5.69 Å². The maximum absolute atomic E-state index is 12.8. The quantitative estimate of drug-likeness (QED) is 0.591. The van der Waals surface area contributed by atoms with E-state index in [9.17, 15) is 4.79 Å². The molecule has 0 saturated heterocycles. The van der Waals surface area contributed by atoms with Crippen LogP contribution in [-0.4, -0.2) is 35.4 Å². The molecule has 0 spiro atoms. The van der Waals surface area contributed by atoms with Gasteiger partial charge in [-0.2, -0.15) is 10.2 Å². The van der Waals surface area contributed by atoms with Crippen LogP contribution >= 0.6 is 0 Å². The number of carbonyl (C=O) groups is 1. The van der Waals surface area contributed by atoms with Gasteiger partial charge in [0.15, 0.2) is 5.82 Å². The summed E-state index contributed by atoms with van der Waals surface area (Å²) in [4.78, 5) is 21.0. The molecule has 0 saturated carbocycles. The Kier molecular flexibility index (Phi) is 4.44. The van der Waals surface area contributed by atoms with Crippen molar-refractivity contribution in [3.63, 3.8) is 0 Å². The average Bonchev–Trinajstić information content (AvgIpc) is 3.33. The zero-order chi connectivity index (χ0) is 18.6. The fraction of sp³-hybridized carbons (Fsp3) is 0.105. The monoisotopic (exact) mass is 359 g/mol. The SMILES string of the molecule is Cc1c(C(=O)Nc2ccccc2Cn2cncn2)cnn1-c1ccccn1. The Hall–Kier alpha value is -3.81. The van der Waals surface area contributed by atoms with Crippen molar-refractivity contribution >= 4 is 11.6 Å². The Bertz CT molecular complexity index is 1050. The van der Waals surface area contributed by atoms with Crippen molar-refractivity contribution in [2.75, 3.05) is 5.32 Å². The molecule has 27 heavy (non-hydrogen) atoms. The van der Waals surface area contributed by atoms with Crippen LogP contribution in [0, 0.1) is 6.92 Å². The van der Waals surface area contributed by atoms with Crippen LogP contribution in [0.5, 0.6) is 0 Å². The molecule has 0 aliphatic heterocycles. The number of hydrogen-bond donors (Lipinski definition) is 1. The molecule has 134 valence electrons. The molecule has 0 aliphatic rings. The average molecular weight is 359 g/mol. The van der Waals surface area contributed by atoms with Crippen LogP contribution < -0.4 is 5.32 Å². The number of nitrogens with zero attached hydrogens (tertiary/aromatic N) is 6. The molecular weight excluding hydrogens is 342 g/mol. The summed E-state index contributed by atoms with van der Waals surface area (Å²) in [6, 6.07) is 13.2. The molecule has 4 aromatic rings. The molecule has 1 N–H and O–H groups in total. The molecule has 0 radical (unpaired) electrons. The lowest BCUT2D eigenvalue weighted by atomic mass is 10.1. The van der Waals surface area contributed by atoms with Gasteiger partial charge in [0.25, 0.3) is 5.91 Å². The van der Waals surface area contributed by atoms with Crippen molar-refractivity contribution in [3.05, 3.63) is 84.3 Å². The van der Waals surface area contributed by atoms with Crippen LogP contribution in [-0.2, 0) is 6.54 Å². The Balaban J connectivity index is 1.58. The van der Waals surface area contributed by atoms with Gasteiger partial charge in [0.2, 0.25) is 0 Å². The number of pyridine rings is 1. The van der Waals surface area contributed by atoms with Gasteiger partial charge in [-0.05, 0) is 30.7 Å². The molecule has 4 rings (SSSR count). The summed E-state index contributed by atoms with van der Waals surface area (Å²) in [5, 5.41) is 11.4. The van der Waals surface area contributed by atoms with E-state index in [1.807, 2.05) is 49.4 Å². The molecule has 8 heteroatoms. The fourth-order valence-corrected chi connectivity index (χ4v) is 2.80. The highest BCUT2D eigenvalue weighted by molar-refractivity contribution is 6.05. The zero-order valence-corrected chi connectivity index (χ0v) is 14.6. The number of benzene rings is 1. The van der Waals surface area contributed by atoms with Crippen LogP contribution in [0.1, 0.15) is 21.6 Å². The number of hydrogen-bond acceptors (Lipinski definition) is 5. The first-order valence-corrected chi connectivity index (χ1v) is 8.40. The Morgan fingerprint density at radius 2 is 1.96 bits per heavy atom. The van der Waals surface area contributed by atoms with Gasteiger partial charge in [0, 0.05) is 11.9 Å². The van der Waals surface area contributed by atoms with Crippen molar-refractivity contribution in [1.82, 2.24) is 29.5 Å². The highest BCUT2D eigenvalue weighted by Gasteiger charge is 2.17. The Morgan fingerprint density at radius 1 is 1.11 bits per heavy atom. The van der Waals surface area contributed by atoms with Gasteiger partial charge < -0.3 is 5.32 Å². The van der Waals surface area contributed by atoms with E-state index in [1.54, 1.807) is 28.1 Å². The third-order valence-corrected chi connectivity index (χ3v) is 4.19. The van der Waals surface area contributed by atoms with Crippen molar-refractivity contribution in [2.45, 2.75) is 13.5 Å². The van der Waals surface area contributed by atoms with Crippen molar-refractivity contribution in [1.29, 1.82) is 0 Å². The summed E-state index contributed by atoms with van der Waals surface area (Å²) in [6.45, 7) is 2.36. The van der Waals surface area contributed by atoms with Gasteiger partial charge in [0.05, 0.1) is 24.0 Å². The molecule has 3 heterocycles. The van der Waals surface area contributed by atoms with E-state index in [1.165, 1.54) is 6.33 Å². The van der Waals surface area contributed by atoms with E-state index in [0.29, 0.717) is 17.9 Å². The van der Waals surface area contributed by atoms with Gasteiger partial charge in [0.1, 0.15) is 12.7 Å². The number of carbonyl (C=O) groups excluding carboxylic acids is 1. The number of para-hydroxylation sites is 1. The van der Waals surface area contributed by atoms with E-state index in [-0.39, 0.29) is 5.91 Å². The fourth-order valence-electron chi connectivity index (χ4n) is 2.80. The molecule has 1 amide bonds. The van der Waals surface area contributed by atoms with Gasteiger partial charge in [-0.15, -0.1) is 0 Å². The Labute approximate surface area is 155 Å². The number of aromatic nitrogens is 6. The van der Waals surface area contributed by atoms with Gasteiger partial charge >= 0.3 is 0 Å². The van der Waals surface area contributed by atoms with Crippen molar-refractivity contribution in [2.24, 2.45) is 0 Å². The second-order valence-electron chi connectivity index (χ2n) is 5.95.